The Balaban J connectivity index is 1.50. The van der Waals surface area contributed by atoms with Crippen LogP contribution in [0.25, 0.3) is 0 Å². The molecule has 2 aromatic carbocycles. The SMILES string of the molecule is COc1cccc(CO[C@H]2CN(CCc3ccccc3)C(=O)CN(C(=O)c3ccnn3C)C2)c1. The standard InChI is InChI=1S/C26H30N4O4/c1-28-24(11-13-27-28)26(32)30-17-23(34-19-21-9-6-10-22(15-21)33-2)16-29(25(31)18-30)14-12-20-7-4-3-5-8-20/h3-11,13,15,23H,12,14,16-19H2,1-2H3/t23-/m0/s1. The molecule has 8 heteroatoms. The van der Waals surface area contributed by atoms with Gasteiger partial charge in [0.2, 0.25) is 5.91 Å². The van der Waals surface area contributed by atoms with Crippen molar-refractivity contribution in [3.63, 3.8) is 0 Å². The Labute approximate surface area is 199 Å². The zero-order chi connectivity index (χ0) is 23.9. The molecule has 0 aliphatic carbocycles. The molecule has 1 aromatic heterocycles. The lowest BCUT2D eigenvalue weighted by Gasteiger charge is -2.25. The average Bonchev–Trinajstić information content (AvgIpc) is 3.22. The molecule has 0 radical (unpaired) electrons. The summed E-state index contributed by atoms with van der Waals surface area (Å²) in [4.78, 5) is 29.7. The molecule has 0 bridgehead atoms. The molecule has 1 aliphatic heterocycles. The summed E-state index contributed by atoms with van der Waals surface area (Å²) in [5, 5.41) is 4.10. The molecule has 0 spiro atoms. The van der Waals surface area contributed by atoms with Crippen LogP contribution in [0.4, 0.5) is 0 Å². The van der Waals surface area contributed by atoms with E-state index in [0.29, 0.717) is 31.9 Å². The van der Waals surface area contributed by atoms with E-state index < -0.39 is 0 Å². The monoisotopic (exact) mass is 462 g/mol. The number of hydrogen-bond donors (Lipinski definition) is 0. The highest BCUT2D eigenvalue weighted by molar-refractivity contribution is 5.95. The maximum Gasteiger partial charge on any atom is 0.272 e. The Morgan fingerprint density at radius 3 is 2.59 bits per heavy atom. The number of amides is 2. The molecule has 8 nitrogen and oxygen atoms in total. The number of benzene rings is 2. The third-order valence-corrected chi connectivity index (χ3v) is 5.99. The van der Waals surface area contributed by atoms with E-state index >= 15 is 0 Å². The zero-order valence-corrected chi connectivity index (χ0v) is 19.6. The predicted molar refractivity (Wildman–Crippen MR) is 127 cm³/mol. The third-order valence-electron chi connectivity index (χ3n) is 5.99. The quantitative estimate of drug-likeness (QED) is 0.514. The summed E-state index contributed by atoms with van der Waals surface area (Å²) in [7, 11) is 3.35. The Hall–Kier alpha value is -3.65. The third kappa shape index (κ3) is 5.82. The normalized spacial score (nSPS) is 16.4. The molecular formula is C26H30N4O4. The minimum Gasteiger partial charge on any atom is -0.497 e. The maximum absolute atomic E-state index is 13.2. The molecule has 2 amide bonds. The van der Waals surface area contributed by atoms with Gasteiger partial charge >= 0.3 is 0 Å². The number of rotatable bonds is 8. The molecule has 4 rings (SSSR count). The Morgan fingerprint density at radius 1 is 1.06 bits per heavy atom. The van der Waals surface area contributed by atoms with Gasteiger partial charge in [0.25, 0.3) is 5.91 Å². The lowest BCUT2D eigenvalue weighted by molar-refractivity contribution is -0.131. The van der Waals surface area contributed by atoms with Crippen LogP contribution in [0.3, 0.4) is 0 Å². The van der Waals surface area contributed by atoms with E-state index in [-0.39, 0.29) is 24.5 Å². The van der Waals surface area contributed by atoms with Crippen molar-refractivity contribution < 1.29 is 19.1 Å². The van der Waals surface area contributed by atoms with E-state index in [1.54, 1.807) is 36.2 Å². The van der Waals surface area contributed by atoms with Crippen molar-refractivity contribution >= 4 is 11.8 Å². The molecule has 34 heavy (non-hydrogen) atoms. The van der Waals surface area contributed by atoms with Crippen molar-refractivity contribution in [1.82, 2.24) is 19.6 Å². The number of aromatic nitrogens is 2. The van der Waals surface area contributed by atoms with Gasteiger partial charge in [0.05, 0.1) is 19.8 Å². The smallest absolute Gasteiger partial charge is 0.272 e. The van der Waals surface area contributed by atoms with Crippen molar-refractivity contribution in [2.75, 3.05) is 33.3 Å². The molecule has 1 saturated heterocycles. The Morgan fingerprint density at radius 2 is 1.85 bits per heavy atom. The van der Waals surface area contributed by atoms with Crippen LogP contribution < -0.4 is 4.74 Å². The van der Waals surface area contributed by atoms with E-state index in [2.05, 4.69) is 17.2 Å². The van der Waals surface area contributed by atoms with Gasteiger partial charge in [0.15, 0.2) is 0 Å². The summed E-state index contributed by atoms with van der Waals surface area (Å²) < 4.78 is 13.1. The van der Waals surface area contributed by atoms with E-state index in [1.807, 2.05) is 42.5 Å². The van der Waals surface area contributed by atoms with Crippen LogP contribution in [0.2, 0.25) is 0 Å². The maximum atomic E-state index is 13.2. The first-order chi connectivity index (χ1) is 16.5. The lowest BCUT2D eigenvalue weighted by atomic mass is 10.1. The molecule has 2 heterocycles. The predicted octanol–water partition coefficient (Wildman–Crippen LogP) is 2.54. The lowest BCUT2D eigenvalue weighted by Crippen LogP contribution is -2.40. The van der Waals surface area contributed by atoms with Gasteiger partial charge in [-0.2, -0.15) is 5.10 Å². The number of ether oxygens (including phenoxy) is 2. The highest BCUT2D eigenvalue weighted by atomic mass is 16.5. The molecular weight excluding hydrogens is 432 g/mol. The van der Waals surface area contributed by atoms with Crippen LogP contribution in [0.15, 0.2) is 66.9 Å². The van der Waals surface area contributed by atoms with Crippen molar-refractivity contribution in [2.24, 2.45) is 7.05 Å². The van der Waals surface area contributed by atoms with Crippen LogP contribution >= 0.6 is 0 Å². The molecule has 0 unspecified atom stereocenters. The van der Waals surface area contributed by atoms with E-state index in [1.165, 1.54) is 4.68 Å². The van der Waals surface area contributed by atoms with Crippen LogP contribution in [-0.2, 0) is 29.6 Å². The fraction of sp³-hybridized carbons (Fsp3) is 0.346. The second-order valence-corrected chi connectivity index (χ2v) is 8.39. The topological polar surface area (TPSA) is 76.9 Å². The van der Waals surface area contributed by atoms with E-state index in [0.717, 1.165) is 23.3 Å². The second kappa shape index (κ2) is 11.0. The summed E-state index contributed by atoms with van der Waals surface area (Å²) in [6.07, 6.45) is 1.99. The van der Waals surface area contributed by atoms with Crippen molar-refractivity contribution in [2.45, 2.75) is 19.1 Å². The fourth-order valence-electron chi connectivity index (χ4n) is 4.09. The first-order valence-electron chi connectivity index (χ1n) is 11.4. The van der Waals surface area contributed by atoms with Gasteiger partial charge in [0, 0.05) is 32.9 Å². The Kier molecular flexibility index (Phi) is 7.59. The molecule has 0 N–H and O–H groups in total. The number of nitrogens with zero attached hydrogens (tertiary/aromatic N) is 4. The van der Waals surface area contributed by atoms with E-state index in [9.17, 15) is 9.59 Å². The van der Waals surface area contributed by atoms with Gasteiger partial charge in [-0.05, 0) is 35.7 Å². The second-order valence-electron chi connectivity index (χ2n) is 8.39. The first kappa shape index (κ1) is 23.5. The van der Waals surface area contributed by atoms with Crippen LogP contribution in [-0.4, -0.2) is 70.8 Å². The summed E-state index contributed by atoms with van der Waals surface area (Å²) >= 11 is 0. The average molecular weight is 463 g/mol. The van der Waals surface area contributed by atoms with E-state index in [4.69, 9.17) is 9.47 Å². The molecule has 3 aromatic rings. The summed E-state index contributed by atoms with van der Waals surface area (Å²) in [5.41, 5.74) is 2.57. The number of hydrogen-bond acceptors (Lipinski definition) is 5. The largest absolute Gasteiger partial charge is 0.497 e. The highest BCUT2D eigenvalue weighted by Crippen LogP contribution is 2.17. The van der Waals surface area contributed by atoms with Gasteiger partial charge in [-0.25, -0.2) is 0 Å². The zero-order valence-electron chi connectivity index (χ0n) is 19.6. The van der Waals surface area contributed by atoms with Crippen molar-refractivity contribution in [3.05, 3.63) is 83.7 Å². The summed E-state index contributed by atoms with van der Waals surface area (Å²) in [5.74, 6) is 0.446. The Bertz CT molecular complexity index is 1110. The molecule has 1 fully saturated rings. The number of carbonyl (C=O) groups is 2. The molecule has 1 atom stereocenters. The number of aryl methyl sites for hydroxylation is 1. The van der Waals surface area contributed by atoms with Crippen molar-refractivity contribution in [3.8, 4) is 5.75 Å². The van der Waals surface area contributed by atoms with Gasteiger partial charge in [-0.1, -0.05) is 42.5 Å². The minimum atomic E-state index is -0.328. The molecule has 178 valence electrons. The van der Waals surface area contributed by atoms with Crippen LogP contribution in [0.1, 0.15) is 21.6 Å². The first-order valence-corrected chi connectivity index (χ1v) is 11.4. The summed E-state index contributed by atoms with van der Waals surface area (Å²) in [6.45, 7) is 1.68. The number of carbonyl (C=O) groups excluding carboxylic acids is 2. The molecule has 0 saturated carbocycles. The number of methoxy groups -OCH3 is 1. The summed E-state index contributed by atoms with van der Waals surface area (Å²) in [6, 6.07) is 19.4. The van der Waals surface area contributed by atoms with Crippen LogP contribution in [0.5, 0.6) is 5.75 Å². The van der Waals surface area contributed by atoms with Gasteiger partial charge < -0.3 is 19.3 Å². The molecule has 1 aliphatic rings. The van der Waals surface area contributed by atoms with Gasteiger partial charge in [0.1, 0.15) is 18.0 Å². The van der Waals surface area contributed by atoms with Gasteiger partial charge in [-0.3, -0.25) is 14.3 Å². The minimum absolute atomic E-state index is 0.0117. The van der Waals surface area contributed by atoms with Gasteiger partial charge in [-0.15, -0.1) is 0 Å². The fourth-order valence-corrected chi connectivity index (χ4v) is 4.09. The highest BCUT2D eigenvalue weighted by Gasteiger charge is 2.32. The van der Waals surface area contributed by atoms with Crippen molar-refractivity contribution in [1.29, 1.82) is 0 Å². The van der Waals surface area contributed by atoms with Crippen LogP contribution in [0, 0.1) is 0 Å².